The number of nitrogens with two attached hydrogens (primary N) is 1. The molecule has 0 amide bonds. The lowest BCUT2D eigenvalue weighted by atomic mass is 10.2. The lowest BCUT2D eigenvalue weighted by Gasteiger charge is -2.31. The van der Waals surface area contributed by atoms with E-state index in [0.29, 0.717) is 5.13 Å². The van der Waals surface area contributed by atoms with E-state index in [1.807, 2.05) is 13.1 Å². The van der Waals surface area contributed by atoms with Gasteiger partial charge in [0.15, 0.2) is 5.13 Å². The molecule has 1 fully saturated rings. The van der Waals surface area contributed by atoms with Crippen molar-refractivity contribution in [3.05, 3.63) is 27.2 Å². The molecule has 1 aliphatic rings. The van der Waals surface area contributed by atoms with Crippen LogP contribution in [0.25, 0.3) is 0 Å². The molecule has 5 nitrogen and oxygen atoms in total. The predicted octanol–water partition coefficient (Wildman–Crippen LogP) is 2.06. The third kappa shape index (κ3) is 3.11. The molecule has 0 aromatic carbocycles. The van der Waals surface area contributed by atoms with Crippen molar-refractivity contribution >= 4 is 27.8 Å². The molecule has 1 saturated heterocycles. The van der Waals surface area contributed by atoms with Gasteiger partial charge in [0.25, 0.3) is 0 Å². The molecule has 1 atom stereocenters. The third-order valence-corrected chi connectivity index (χ3v) is 4.88. The van der Waals surface area contributed by atoms with Gasteiger partial charge in [-0.3, -0.25) is 4.90 Å². The first-order chi connectivity index (χ1) is 9.20. The number of thiazole rings is 2. The van der Waals surface area contributed by atoms with E-state index < -0.39 is 0 Å². The van der Waals surface area contributed by atoms with Gasteiger partial charge in [0.05, 0.1) is 6.61 Å². The van der Waals surface area contributed by atoms with Gasteiger partial charge in [-0.05, 0) is 6.92 Å². The molecular formula is C12H16N4OS2. The smallest absolute Gasteiger partial charge is 0.180 e. The van der Waals surface area contributed by atoms with Gasteiger partial charge in [0, 0.05) is 41.8 Å². The van der Waals surface area contributed by atoms with Gasteiger partial charge in [-0.2, -0.15) is 0 Å². The Morgan fingerprint density at radius 2 is 2.47 bits per heavy atom. The number of morpholine rings is 1. The van der Waals surface area contributed by atoms with Crippen LogP contribution >= 0.6 is 22.7 Å². The molecular weight excluding hydrogens is 280 g/mol. The third-order valence-electron chi connectivity index (χ3n) is 3.01. The summed E-state index contributed by atoms with van der Waals surface area (Å²) >= 11 is 3.23. The maximum absolute atomic E-state index is 5.82. The number of nitrogen functional groups attached to an aromatic ring is 1. The van der Waals surface area contributed by atoms with Crippen LogP contribution in [0.4, 0.5) is 5.13 Å². The van der Waals surface area contributed by atoms with E-state index in [-0.39, 0.29) is 6.10 Å². The molecule has 3 rings (SSSR count). The van der Waals surface area contributed by atoms with Crippen LogP contribution in [0.3, 0.4) is 0 Å². The molecule has 2 N–H and O–H groups in total. The first-order valence-electron chi connectivity index (χ1n) is 6.17. The number of aryl methyl sites for hydroxylation is 1. The van der Waals surface area contributed by atoms with Crippen molar-refractivity contribution in [1.82, 2.24) is 14.9 Å². The molecule has 0 bridgehead atoms. The summed E-state index contributed by atoms with van der Waals surface area (Å²) in [7, 11) is 0. The van der Waals surface area contributed by atoms with E-state index in [9.17, 15) is 0 Å². The summed E-state index contributed by atoms with van der Waals surface area (Å²) in [4.78, 5) is 12.2. The van der Waals surface area contributed by atoms with Gasteiger partial charge in [-0.25, -0.2) is 9.97 Å². The molecule has 19 heavy (non-hydrogen) atoms. The number of anilines is 1. The van der Waals surface area contributed by atoms with Crippen molar-refractivity contribution < 1.29 is 4.74 Å². The highest BCUT2D eigenvalue weighted by Crippen LogP contribution is 2.26. The number of aromatic nitrogens is 2. The Labute approximate surface area is 120 Å². The van der Waals surface area contributed by atoms with Crippen LogP contribution in [0.15, 0.2) is 11.6 Å². The molecule has 0 saturated carbocycles. The van der Waals surface area contributed by atoms with Crippen molar-refractivity contribution in [2.75, 3.05) is 25.4 Å². The van der Waals surface area contributed by atoms with E-state index in [0.717, 1.165) is 36.9 Å². The van der Waals surface area contributed by atoms with E-state index in [4.69, 9.17) is 10.5 Å². The van der Waals surface area contributed by atoms with Crippen LogP contribution in [-0.4, -0.2) is 34.6 Å². The Kier molecular flexibility index (Phi) is 3.79. The van der Waals surface area contributed by atoms with Crippen LogP contribution in [0.1, 0.15) is 21.7 Å². The van der Waals surface area contributed by atoms with Crippen molar-refractivity contribution in [1.29, 1.82) is 0 Å². The zero-order valence-electron chi connectivity index (χ0n) is 10.7. The van der Waals surface area contributed by atoms with Gasteiger partial charge in [-0.1, -0.05) is 0 Å². The minimum atomic E-state index is 0.0951. The van der Waals surface area contributed by atoms with Crippen LogP contribution in [0, 0.1) is 6.92 Å². The molecule has 3 heterocycles. The quantitative estimate of drug-likeness (QED) is 0.939. The fourth-order valence-electron chi connectivity index (χ4n) is 2.13. The standard InChI is InChI=1S/C12H16N4OS2/c1-8-7-18-11(15-8)10-6-16(2-3-17-10)5-9-4-14-12(13)19-9/h4,7,10H,2-3,5-6H2,1H3,(H2,13,14). The Balaban J connectivity index is 1.64. The fourth-order valence-corrected chi connectivity index (χ4v) is 3.69. The highest BCUT2D eigenvalue weighted by atomic mass is 32.1. The van der Waals surface area contributed by atoms with Crippen molar-refractivity contribution in [3.8, 4) is 0 Å². The maximum atomic E-state index is 5.82. The largest absolute Gasteiger partial charge is 0.375 e. The second-order valence-corrected chi connectivity index (χ2v) is 6.62. The van der Waals surface area contributed by atoms with Crippen LogP contribution < -0.4 is 5.73 Å². The zero-order valence-corrected chi connectivity index (χ0v) is 12.3. The molecule has 1 aliphatic heterocycles. The molecule has 7 heteroatoms. The summed E-state index contributed by atoms with van der Waals surface area (Å²) in [5, 5.41) is 3.78. The Hall–Kier alpha value is -1.02. The van der Waals surface area contributed by atoms with Crippen molar-refractivity contribution in [2.24, 2.45) is 0 Å². The highest BCUT2D eigenvalue weighted by molar-refractivity contribution is 7.15. The topological polar surface area (TPSA) is 64.3 Å². The molecule has 2 aromatic heterocycles. The number of hydrogen-bond acceptors (Lipinski definition) is 7. The minimum Gasteiger partial charge on any atom is -0.375 e. The number of rotatable bonds is 3. The first kappa shape index (κ1) is 13.0. The van der Waals surface area contributed by atoms with Gasteiger partial charge < -0.3 is 10.5 Å². The average Bonchev–Trinajstić information content (AvgIpc) is 2.99. The van der Waals surface area contributed by atoms with Crippen LogP contribution in [-0.2, 0) is 11.3 Å². The molecule has 2 aromatic rings. The Morgan fingerprint density at radius 3 is 3.16 bits per heavy atom. The number of hydrogen-bond donors (Lipinski definition) is 1. The summed E-state index contributed by atoms with van der Waals surface area (Å²) < 4.78 is 5.82. The molecule has 0 spiro atoms. The summed E-state index contributed by atoms with van der Waals surface area (Å²) in [5.74, 6) is 0. The summed E-state index contributed by atoms with van der Waals surface area (Å²) in [6.07, 6.45) is 1.95. The molecule has 1 unspecified atom stereocenters. The SMILES string of the molecule is Cc1csc(C2CN(Cc3cnc(N)s3)CCO2)n1. The predicted molar refractivity (Wildman–Crippen MR) is 77.3 cm³/mol. The van der Waals surface area contributed by atoms with E-state index in [2.05, 4.69) is 20.2 Å². The molecule has 0 aliphatic carbocycles. The van der Waals surface area contributed by atoms with Gasteiger partial charge in [0.1, 0.15) is 11.1 Å². The van der Waals surface area contributed by atoms with E-state index >= 15 is 0 Å². The summed E-state index contributed by atoms with van der Waals surface area (Å²) in [6.45, 7) is 5.47. The highest BCUT2D eigenvalue weighted by Gasteiger charge is 2.24. The second-order valence-electron chi connectivity index (χ2n) is 4.59. The number of nitrogens with zero attached hydrogens (tertiary/aromatic N) is 3. The van der Waals surface area contributed by atoms with E-state index in [1.165, 1.54) is 4.88 Å². The Morgan fingerprint density at radius 1 is 1.58 bits per heavy atom. The average molecular weight is 296 g/mol. The Bertz CT molecular complexity index is 553. The fraction of sp³-hybridized carbons (Fsp3) is 0.500. The van der Waals surface area contributed by atoms with Crippen LogP contribution in [0.5, 0.6) is 0 Å². The normalized spacial score (nSPS) is 20.8. The van der Waals surface area contributed by atoms with Crippen molar-refractivity contribution in [3.63, 3.8) is 0 Å². The van der Waals surface area contributed by atoms with Gasteiger partial charge in [0.2, 0.25) is 0 Å². The monoisotopic (exact) mass is 296 g/mol. The molecule has 102 valence electrons. The van der Waals surface area contributed by atoms with E-state index in [1.54, 1.807) is 22.7 Å². The summed E-state index contributed by atoms with van der Waals surface area (Å²) in [5.41, 5.74) is 6.73. The zero-order chi connectivity index (χ0) is 13.2. The summed E-state index contributed by atoms with van der Waals surface area (Å²) in [6, 6.07) is 0. The maximum Gasteiger partial charge on any atom is 0.180 e. The first-order valence-corrected chi connectivity index (χ1v) is 7.86. The van der Waals surface area contributed by atoms with Gasteiger partial charge in [-0.15, -0.1) is 22.7 Å². The minimum absolute atomic E-state index is 0.0951. The van der Waals surface area contributed by atoms with Crippen molar-refractivity contribution in [2.45, 2.75) is 19.6 Å². The number of ether oxygens (including phenoxy) is 1. The van der Waals surface area contributed by atoms with Crippen LogP contribution in [0.2, 0.25) is 0 Å². The van der Waals surface area contributed by atoms with Gasteiger partial charge >= 0.3 is 0 Å². The lowest BCUT2D eigenvalue weighted by Crippen LogP contribution is -2.37. The lowest BCUT2D eigenvalue weighted by molar-refractivity contribution is -0.0327. The molecule has 0 radical (unpaired) electrons. The second kappa shape index (κ2) is 5.54.